The van der Waals surface area contributed by atoms with Crippen molar-refractivity contribution < 1.29 is 4.79 Å². The first-order chi connectivity index (χ1) is 8.02. The van der Waals surface area contributed by atoms with Crippen LogP contribution in [0.3, 0.4) is 0 Å². The first-order valence-electron chi connectivity index (χ1n) is 5.69. The van der Waals surface area contributed by atoms with E-state index >= 15 is 0 Å². The first kappa shape index (κ1) is 14.1. The molecule has 0 aliphatic carbocycles. The molecule has 0 saturated heterocycles. The Hall–Kier alpha value is -0.940. The van der Waals surface area contributed by atoms with E-state index < -0.39 is 0 Å². The van der Waals surface area contributed by atoms with Crippen molar-refractivity contribution in [2.75, 3.05) is 11.9 Å². The van der Waals surface area contributed by atoms with Crippen LogP contribution in [-0.2, 0) is 4.79 Å². The molecule has 0 spiro atoms. The Balaban J connectivity index is 2.48. The lowest BCUT2D eigenvalue weighted by molar-refractivity contribution is -0.115. The summed E-state index contributed by atoms with van der Waals surface area (Å²) in [6.07, 6.45) is 1.00. The van der Waals surface area contributed by atoms with Gasteiger partial charge in [-0.3, -0.25) is 4.79 Å². The highest BCUT2D eigenvalue weighted by Gasteiger charge is 2.06. The smallest absolute Gasteiger partial charge is 0.239 e. The molecule has 94 valence electrons. The Labute approximate surface area is 110 Å². The standard InChI is InChI=1S/C12H18BrN3O/c1-4-8(2)14-7-12(17)16-11-6-5-10(13)9(3)15-11/h5-6,8,14H,4,7H2,1-3H3,(H,15,16,17). The van der Waals surface area contributed by atoms with Gasteiger partial charge in [0.15, 0.2) is 0 Å². The van der Waals surface area contributed by atoms with Gasteiger partial charge >= 0.3 is 0 Å². The van der Waals surface area contributed by atoms with Crippen LogP contribution < -0.4 is 10.6 Å². The zero-order valence-corrected chi connectivity index (χ0v) is 12.0. The van der Waals surface area contributed by atoms with Crippen molar-refractivity contribution in [3.8, 4) is 0 Å². The van der Waals surface area contributed by atoms with Gasteiger partial charge in [0.2, 0.25) is 5.91 Å². The predicted molar refractivity (Wildman–Crippen MR) is 73.1 cm³/mol. The zero-order valence-electron chi connectivity index (χ0n) is 10.4. The molecule has 1 aromatic rings. The quantitative estimate of drug-likeness (QED) is 0.878. The lowest BCUT2D eigenvalue weighted by Gasteiger charge is -2.11. The molecule has 2 N–H and O–H groups in total. The van der Waals surface area contributed by atoms with Crippen molar-refractivity contribution in [2.24, 2.45) is 0 Å². The highest BCUT2D eigenvalue weighted by molar-refractivity contribution is 9.10. The number of rotatable bonds is 5. The van der Waals surface area contributed by atoms with E-state index in [1.165, 1.54) is 0 Å². The number of nitrogens with zero attached hydrogens (tertiary/aromatic N) is 1. The SMILES string of the molecule is CCC(C)NCC(=O)Nc1ccc(Br)c(C)n1. The maximum absolute atomic E-state index is 11.6. The third-order valence-corrected chi connectivity index (χ3v) is 3.35. The number of aryl methyl sites for hydroxylation is 1. The number of pyridine rings is 1. The van der Waals surface area contributed by atoms with Crippen molar-refractivity contribution in [1.29, 1.82) is 0 Å². The molecular formula is C12H18BrN3O. The summed E-state index contributed by atoms with van der Waals surface area (Å²) in [5.74, 6) is 0.515. The molecule has 0 saturated carbocycles. The molecular weight excluding hydrogens is 282 g/mol. The van der Waals surface area contributed by atoms with Gasteiger partial charge in [-0.25, -0.2) is 4.98 Å². The molecule has 5 heteroatoms. The fourth-order valence-corrected chi connectivity index (χ4v) is 1.43. The second-order valence-electron chi connectivity index (χ2n) is 4.00. The number of halogens is 1. The van der Waals surface area contributed by atoms with Gasteiger partial charge in [0.25, 0.3) is 0 Å². The van der Waals surface area contributed by atoms with E-state index in [9.17, 15) is 4.79 Å². The Morgan fingerprint density at radius 3 is 2.82 bits per heavy atom. The lowest BCUT2D eigenvalue weighted by Crippen LogP contribution is -2.34. The van der Waals surface area contributed by atoms with Crippen LogP contribution in [0.1, 0.15) is 26.0 Å². The van der Waals surface area contributed by atoms with Crippen molar-refractivity contribution in [1.82, 2.24) is 10.3 Å². The van der Waals surface area contributed by atoms with Gasteiger partial charge in [-0.05, 0) is 48.3 Å². The number of carbonyl (C=O) groups is 1. The second kappa shape index (κ2) is 6.71. The average molecular weight is 300 g/mol. The highest BCUT2D eigenvalue weighted by Crippen LogP contribution is 2.15. The van der Waals surface area contributed by atoms with Crippen LogP contribution >= 0.6 is 15.9 Å². The molecule has 1 rings (SSSR count). The average Bonchev–Trinajstić information content (AvgIpc) is 2.31. The second-order valence-corrected chi connectivity index (χ2v) is 4.86. The van der Waals surface area contributed by atoms with E-state index in [1.807, 2.05) is 13.0 Å². The summed E-state index contributed by atoms with van der Waals surface area (Å²) < 4.78 is 0.938. The first-order valence-corrected chi connectivity index (χ1v) is 6.48. The number of nitrogens with one attached hydrogen (secondary N) is 2. The fourth-order valence-electron chi connectivity index (χ4n) is 1.21. The van der Waals surface area contributed by atoms with Gasteiger partial charge in [-0.2, -0.15) is 0 Å². The fraction of sp³-hybridized carbons (Fsp3) is 0.500. The summed E-state index contributed by atoms with van der Waals surface area (Å²) >= 11 is 3.37. The third kappa shape index (κ3) is 4.83. The minimum Gasteiger partial charge on any atom is -0.310 e. The molecule has 1 atom stereocenters. The molecule has 0 fully saturated rings. The van der Waals surface area contributed by atoms with Crippen molar-refractivity contribution in [2.45, 2.75) is 33.2 Å². The number of aromatic nitrogens is 1. The number of anilines is 1. The minimum absolute atomic E-state index is 0.0699. The Morgan fingerprint density at radius 1 is 1.53 bits per heavy atom. The molecule has 1 amide bonds. The topological polar surface area (TPSA) is 54.0 Å². The molecule has 0 aromatic carbocycles. The summed E-state index contributed by atoms with van der Waals surface area (Å²) in [4.78, 5) is 15.9. The maximum atomic E-state index is 11.6. The normalized spacial score (nSPS) is 12.2. The van der Waals surface area contributed by atoms with Gasteiger partial charge in [-0.15, -0.1) is 0 Å². The molecule has 0 bridgehead atoms. The summed E-state index contributed by atoms with van der Waals surface area (Å²) in [7, 11) is 0. The van der Waals surface area contributed by atoms with Gasteiger partial charge in [0, 0.05) is 10.5 Å². The summed E-state index contributed by atoms with van der Waals surface area (Å²) in [5.41, 5.74) is 0.859. The van der Waals surface area contributed by atoms with Crippen LogP contribution in [0, 0.1) is 6.92 Å². The Morgan fingerprint density at radius 2 is 2.24 bits per heavy atom. The maximum Gasteiger partial charge on any atom is 0.239 e. The van der Waals surface area contributed by atoms with Gasteiger partial charge in [0.1, 0.15) is 5.82 Å². The van der Waals surface area contributed by atoms with Gasteiger partial charge in [0.05, 0.1) is 12.2 Å². The van der Waals surface area contributed by atoms with E-state index in [4.69, 9.17) is 0 Å². The van der Waals surface area contributed by atoms with Crippen molar-refractivity contribution >= 4 is 27.7 Å². The molecule has 17 heavy (non-hydrogen) atoms. The van der Waals surface area contributed by atoms with Crippen LogP contribution in [-0.4, -0.2) is 23.5 Å². The Kier molecular flexibility index (Phi) is 5.58. The van der Waals surface area contributed by atoms with E-state index in [0.717, 1.165) is 16.6 Å². The molecule has 1 aromatic heterocycles. The van der Waals surface area contributed by atoms with Crippen molar-refractivity contribution in [3.05, 3.63) is 22.3 Å². The third-order valence-electron chi connectivity index (χ3n) is 2.51. The molecule has 1 unspecified atom stereocenters. The summed E-state index contributed by atoms with van der Waals surface area (Å²) in [6.45, 7) is 6.33. The van der Waals surface area contributed by atoms with Crippen LogP contribution in [0.15, 0.2) is 16.6 Å². The van der Waals surface area contributed by atoms with E-state index in [0.29, 0.717) is 18.4 Å². The zero-order chi connectivity index (χ0) is 12.8. The molecule has 4 nitrogen and oxygen atoms in total. The number of hydrogen-bond acceptors (Lipinski definition) is 3. The minimum atomic E-state index is -0.0699. The van der Waals surface area contributed by atoms with Crippen LogP contribution in [0.2, 0.25) is 0 Å². The number of hydrogen-bond donors (Lipinski definition) is 2. The van der Waals surface area contributed by atoms with Crippen LogP contribution in [0.5, 0.6) is 0 Å². The molecule has 0 aliphatic rings. The van der Waals surface area contributed by atoms with E-state index in [-0.39, 0.29) is 5.91 Å². The van der Waals surface area contributed by atoms with E-state index in [2.05, 4.69) is 45.4 Å². The number of amides is 1. The molecule has 0 aliphatic heterocycles. The predicted octanol–water partition coefficient (Wildman–Crippen LogP) is 2.48. The monoisotopic (exact) mass is 299 g/mol. The Bertz CT molecular complexity index is 395. The lowest BCUT2D eigenvalue weighted by atomic mass is 10.2. The molecule has 0 radical (unpaired) electrons. The van der Waals surface area contributed by atoms with Gasteiger partial charge < -0.3 is 10.6 Å². The van der Waals surface area contributed by atoms with E-state index in [1.54, 1.807) is 6.07 Å². The van der Waals surface area contributed by atoms with Crippen LogP contribution in [0.25, 0.3) is 0 Å². The highest BCUT2D eigenvalue weighted by atomic mass is 79.9. The largest absolute Gasteiger partial charge is 0.310 e. The van der Waals surface area contributed by atoms with Crippen molar-refractivity contribution in [3.63, 3.8) is 0 Å². The van der Waals surface area contributed by atoms with Crippen LogP contribution in [0.4, 0.5) is 5.82 Å². The number of carbonyl (C=O) groups excluding carboxylic acids is 1. The molecule has 1 heterocycles. The van der Waals surface area contributed by atoms with Gasteiger partial charge in [-0.1, -0.05) is 6.92 Å². The summed E-state index contributed by atoms with van der Waals surface area (Å²) in [5, 5.41) is 5.89. The summed E-state index contributed by atoms with van der Waals surface area (Å²) in [6, 6.07) is 4.00.